The number of anilines is 1. The standard InChI is InChI=1S/C17H18ClF2NO/c18-17-7-10-3-11(8-17)6-16(5-10,9-17)15(22)21-14-4-12(19)1-2-13(14)20/h1-2,4,10-11H,3,5-9H2,(H,21,22)/t10-,11-,16?,17?/m1/s1. The first-order valence-corrected chi connectivity index (χ1v) is 8.21. The average Bonchev–Trinajstić information content (AvgIpc) is 2.40. The molecule has 4 fully saturated rings. The SMILES string of the molecule is O=C(Nc1cc(F)ccc1F)C12C[C@H]3C[C@@H](CC(Cl)(C3)C1)C2. The zero-order valence-corrected chi connectivity index (χ0v) is 12.9. The molecule has 5 rings (SSSR count). The fraction of sp³-hybridized carbons (Fsp3) is 0.588. The predicted molar refractivity (Wildman–Crippen MR) is 80.7 cm³/mol. The van der Waals surface area contributed by atoms with Crippen molar-refractivity contribution in [2.24, 2.45) is 17.3 Å². The summed E-state index contributed by atoms with van der Waals surface area (Å²) < 4.78 is 27.1. The van der Waals surface area contributed by atoms with E-state index in [1.165, 1.54) is 0 Å². The fourth-order valence-corrected chi connectivity index (χ4v) is 5.96. The Morgan fingerprint density at radius 1 is 1.18 bits per heavy atom. The van der Waals surface area contributed by atoms with E-state index in [9.17, 15) is 13.6 Å². The second-order valence-corrected chi connectivity index (χ2v) is 8.27. The number of nitrogens with one attached hydrogen (secondary N) is 1. The van der Waals surface area contributed by atoms with E-state index in [0.717, 1.165) is 50.3 Å². The Labute approximate surface area is 133 Å². The van der Waals surface area contributed by atoms with Crippen molar-refractivity contribution in [3.8, 4) is 0 Å². The third-order valence-corrected chi connectivity index (χ3v) is 6.09. The van der Waals surface area contributed by atoms with Gasteiger partial charge in [0.15, 0.2) is 0 Å². The Kier molecular flexibility index (Phi) is 3.06. The average molecular weight is 326 g/mol. The molecule has 4 aliphatic rings. The highest BCUT2D eigenvalue weighted by atomic mass is 35.5. The summed E-state index contributed by atoms with van der Waals surface area (Å²) in [5, 5.41) is 2.61. The molecule has 0 saturated heterocycles. The molecule has 0 heterocycles. The van der Waals surface area contributed by atoms with Crippen LogP contribution in [0.25, 0.3) is 0 Å². The van der Waals surface area contributed by atoms with E-state index < -0.39 is 17.0 Å². The van der Waals surface area contributed by atoms with Crippen LogP contribution in [0.1, 0.15) is 38.5 Å². The van der Waals surface area contributed by atoms with Gasteiger partial charge in [-0.05, 0) is 62.5 Å². The number of amides is 1. The van der Waals surface area contributed by atoms with Gasteiger partial charge in [0.25, 0.3) is 0 Å². The number of halogens is 3. The molecule has 0 radical (unpaired) electrons. The van der Waals surface area contributed by atoms with E-state index in [1.54, 1.807) is 0 Å². The normalized spacial score (nSPS) is 39.0. The Hall–Kier alpha value is -1.16. The molecule has 1 aromatic carbocycles. The highest BCUT2D eigenvalue weighted by molar-refractivity contribution is 6.24. The van der Waals surface area contributed by atoms with Gasteiger partial charge < -0.3 is 5.32 Å². The lowest BCUT2D eigenvalue weighted by molar-refractivity contribution is -0.138. The maximum absolute atomic E-state index is 13.8. The van der Waals surface area contributed by atoms with Crippen molar-refractivity contribution in [1.82, 2.24) is 0 Å². The predicted octanol–water partition coefficient (Wildman–Crippen LogP) is 4.48. The molecule has 1 aromatic rings. The molecular formula is C17H18ClF2NO. The largest absolute Gasteiger partial charge is 0.323 e. The molecule has 0 spiro atoms. The highest BCUT2D eigenvalue weighted by Gasteiger charge is 2.60. The summed E-state index contributed by atoms with van der Waals surface area (Å²) in [6, 6.07) is 3.11. The van der Waals surface area contributed by atoms with Crippen LogP contribution < -0.4 is 5.32 Å². The second-order valence-electron chi connectivity index (χ2n) is 7.47. The topological polar surface area (TPSA) is 29.1 Å². The first-order chi connectivity index (χ1) is 10.4. The van der Waals surface area contributed by atoms with Crippen LogP contribution >= 0.6 is 11.6 Å². The van der Waals surface area contributed by atoms with E-state index in [0.29, 0.717) is 18.3 Å². The summed E-state index contributed by atoms with van der Waals surface area (Å²) in [7, 11) is 0. The molecule has 0 unspecified atom stereocenters. The van der Waals surface area contributed by atoms with E-state index in [2.05, 4.69) is 5.32 Å². The zero-order valence-electron chi connectivity index (χ0n) is 12.2. The summed E-state index contributed by atoms with van der Waals surface area (Å²) in [4.78, 5) is 12.5. The van der Waals surface area contributed by atoms with Crippen molar-refractivity contribution in [3.05, 3.63) is 29.8 Å². The molecular weight excluding hydrogens is 308 g/mol. The number of carbonyl (C=O) groups excluding carboxylic acids is 1. The van der Waals surface area contributed by atoms with Crippen LogP contribution in [0.5, 0.6) is 0 Å². The minimum Gasteiger partial charge on any atom is -0.323 e. The lowest BCUT2D eigenvalue weighted by atomic mass is 9.49. The zero-order chi connectivity index (χ0) is 15.5. The maximum atomic E-state index is 13.8. The van der Waals surface area contributed by atoms with Crippen LogP contribution in [0.15, 0.2) is 18.2 Å². The summed E-state index contributed by atoms with van der Waals surface area (Å²) >= 11 is 6.71. The van der Waals surface area contributed by atoms with Gasteiger partial charge in [0.05, 0.1) is 11.1 Å². The van der Waals surface area contributed by atoms with Crippen molar-refractivity contribution in [1.29, 1.82) is 0 Å². The van der Waals surface area contributed by atoms with E-state index in [-0.39, 0.29) is 16.5 Å². The molecule has 4 aliphatic carbocycles. The van der Waals surface area contributed by atoms with Crippen LogP contribution in [-0.4, -0.2) is 10.8 Å². The van der Waals surface area contributed by atoms with Crippen molar-refractivity contribution in [2.75, 3.05) is 5.32 Å². The number of rotatable bonds is 2. The third kappa shape index (κ3) is 2.23. The van der Waals surface area contributed by atoms with Gasteiger partial charge in [-0.3, -0.25) is 4.79 Å². The van der Waals surface area contributed by atoms with Gasteiger partial charge in [0.2, 0.25) is 5.91 Å². The van der Waals surface area contributed by atoms with Gasteiger partial charge in [-0.15, -0.1) is 11.6 Å². The fourth-order valence-electron chi connectivity index (χ4n) is 5.26. The summed E-state index contributed by atoms with van der Waals surface area (Å²) in [6.45, 7) is 0. The van der Waals surface area contributed by atoms with Gasteiger partial charge in [0.1, 0.15) is 11.6 Å². The lowest BCUT2D eigenvalue weighted by Gasteiger charge is -2.59. The van der Waals surface area contributed by atoms with Gasteiger partial charge in [-0.25, -0.2) is 8.78 Å². The summed E-state index contributed by atoms with van der Waals surface area (Å²) in [6.07, 6.45) is 5.40. The number of hydrogen-bond acceptors (Lipinski definition) is 1. The second kappa shape index (κ2) is 4.67. The quantitative estimate of drug-likeness (QED) is 0.798. The number of benzene rings is 1. The van der Waals surface area contributed by atoms with Crippen LogP contribution in [-0.2, 0) is 4.79 Å². The third-order valence-electron chi connectivity index (χ3n) is 5.65. The molecule has 4 bridgehead atoms. The van der Waals surface area contributed by atoms with E-state index >= 15 is 0 Å². The molecule has 5 heteroatoms. The Morgan fingerprint density at radius 2 is 1.86 bits per heavy atom. The minimum atomic E-state index is -0.611. The molecule has 1 amide bonds. The van der Waals surface area contributed by atoms with Crippen LogP contribution in [0.2, 0.25) is 0 Å². The van der Waals surface area contributed by atoms with Gasteiger partial charge in [0, 0.05) is 10.9 Å². The van der Waals surface area contributed by atoms with Gasteiger partial charge in [-0.2, -0.15) is 0 Å². The number of hydrogen-bond donors (Lipinski definition) is 1. The lowest BCUT2D eigenvalue weighted by Crippen LogP contribution is -2.57. The van der Waals surface area contributed by atoms with Crippen molar-refractivity contribution >= 4 is 23.2 Å². The summed E-state index contributed by atoms with van der Waals surface area (Å²) in [5.74, 6) is -0.393. The molecule has 2 atom stereocenters. The molecule has 22 heavy (non-hydrogen) atoms. The van der Waals surface area contributed by atoms with Gasteiger partial charge >= 0.3 is 0 Å². The van der Waals surface area contributed by atoms with Crippen LogP contribution in [0.4, 0.5) is 14.5 Å². The Bertz CT molecular complexity index is 634. The van der Waals surface area contributed by atoms with Crippen LogP contribution in [0.3, 0.4) is 0 Å². The maximum Gasteiger partial charge on any atom is 0.230 e. The monoisotopic (exact) mass is 325 g/mol. The van der Waals surface area contributed by atoms with Crippen molar-refractivity contribution in [3.63, 3.8) is 0 Å². The van der Waals surface area contributed by atoms with Gasteiger partial charge in [-0.1, -0.05) is 0 Å². The molecule has 2 nitrogen and oxygen atoms in total. The Balaban J connectivity index is 1.61. The molecule has 118 valence electrons. The number of carbonyl (C=O) groups is 1. The molecule has 4 saturated carbocycles. The number of alkyl halides is 1. The molecule has 0 aliphatic heterocycles. The Morgan fingerprint density at radius 3 is 2.50 bits per heavy atom. The molecule has 0 aromatic heterocycles. The first-order valence-electron chi connectivity index (χ1n) is 7.83. The van der Waals surface area contributed by atoms with E-state index in [4.69, 9.17) is 11.6 Å². The van der Waals surface area contributed by atoms with E-state index in [1.807, 2.05) is 0 Å². The minimum absolute atomic E-state index is 0.0793. The first kappa shape index (κ1) is 14.4. The van der Waals surface area contributed by atoms with Crippen molar-refractivity contribution < 1.29 is 13.6 Å². The summed E-state index contributed by atoms with van der Waals surface area (Å²) in [5.41, 5.74) is -0.589. The van der Waals surface area contributed by atoms with Crippen LogP contribution in [0, 0.1) is 28.9 Å². The van der Waals surface area contributed by atoms with Crippen molar-refractivity contribution in [2.45, 2.75) is 43.4 Å². The molecule has 1 N–H and O–H groups in total. The highest BCUT2D eigenvalue weighted by Crippen LogP contribution is 2.64. The smallest absolute Gasteiger partial charge is 0.230 e.